The Morgan fingerprint density at radius 3 is 2.53 bits per heavy atom. The molecule has 0 radical (unpaired) electrons. The average molecular weight is 487 g/mol. The summed E-state index contributed by atoms with van der Waals surface area (Å²) in [7, 11) is 0.822. The Hall–Kier alpha value is -3.11. The number of fused-ring (bicyclic) bond motifs is 3. The van der Waals surface area contributed by atoms with Gasteiger partial charge in [0.15, 0.2) is 0 Å². The molecule has 9 nitrogen and oxygen atoms in total. The summed E-state index contributed by atoms with van der Waals surface area (Å²) in [6.45, 7) is 0.848. The SMILES string of the molecule is COc1ccc(CNC(=O)CN2C(=O)[C@@H]3CCCCN3c3ccc(S(=O)(=O)N(C)C)cc32)cc1. The van der Waals surface area contributed by atoms with E-state index in [1.165, 1.54) is 25.1 Å². The molecule has 0 bridgehead atoms. The van der Waals surface area contributed by atoms with E-state index < -0.39 is 10.0 Å². The van der Waals surface area contributed by atoms with E-state index in [9.17, 15) is 18.0 Å². The van der Waals surface area contributed by atoms with Crippen LogP contribution in [0.3, 0.4) is 0 Å². The molecule has 2 aliphatic rings. The fourth-order valence-corrected chi connectivity index (χ4v) is 5.34. The number of ether oxygens (including phenoxy) is 1. The second-order valence-electron chi connectivity index (χ2n) is 8.69. The first-order chi connectivity index (χ1) is 16.2. The maximum atomic E-state index is 13.4. The maximum Gasteiger partial charge on any atom is 0.250 e. The lowest BCUT2D eigenvalue weighted by atomic mass is 9.96. The van der Waals surface area contributed by atoms with Crippen LogP contribution in [0.2, 0.25) is 0 Å². The zero-order valence-corrected chi connectivity index (χ0v) is 20.5. The molecule has 0 saturated carbocycles. The highest BCUT2D eigenvalue weighted by molar-refractivity contribution is 7.89. The molecule has 4 rings (SSSR count). The van der Waals surface area contributed by atoms with E-state index in [2.05, 4.69) is 5.32 Å². The Morgan fingerprint density at radius 2 is 1.85 bits per heavy atom. The quantitative estimate of drug-likeness (QED) is 0.643. The minimum absolute atomic E-state index is 0.0863. The number of hydrogen-bond acceptors (Lipinski definition) is 6. The molecule has 1 N–H and O–H groups in total. The number of carbonyl (C=O) groups is 2. The zero-order valence-electron chi connectivity index (χ0n) is 19.7. The van der Waals surface area contributed by atoms with Gasteiger partial charge in [-0.3, -0.25) is 14.5 Å². The average Bonchev–Trinajstić information content (AvgIpc) is 2.85. The van der Waals surface area contributed by atoms with Gasteiger partial charge in [0.1, 0.15) is 18.3 Å². The number of rotatable bonds is 7. The lowest BCUT2D eigenvalue weighted by molar-refractivity contribution is -0.125. The standard InChI is InChI=1S/C24H30N4O5S/c1-26(2)34(31,32)19-11-12-20-22(14-19)28(24(30)21-6-4-5-13-27(20)21)16-23(29)25-15-17-7-9-18(33-3)10-8-17/h7-12,14,21H,4-6,13,15-16H2,1-3H3,(H,25,29)/t21-/m0/s1. The first-order valence-electron chi connectivity index (χ1n) is 11.3. The van der Waals surface area contributed by atoms with Gasteiger partial charge in [-0.1, -0.05) is 12.1 Å². The molecule has 0 unspecified atom stereocenters. The van der Waals surface area contributed by atoms with Crippen molar-refractivity contribution in [2.24, 2.45) is 0 Å². The van der Waals surface area contributed by atoms with Gasteiger partial charge in [-0.25, -0.2) is 12.7 Å². The summed E-state index contributed by atoms with van der Waals surface area (Å²) in [5.74, 6) is 0.234. The van der Waals surface area contributed by atoms with Gasteiger partial charge < -0.3 is 15.0 Å². The van der Waals surface area contributed by atoms with Crippen molar-refractivity contribution in [3.8, 4) is 5.75 Å². The Labute approximate surface area is 200 Å². The largest absolute Gasteiger partial charge is 0.497 e. The number of sulfonamides is 1. The summed E-state index contributed by atoms with van der Waals surface area (Å²) >= 11 is 0. The van der Waals surface area contributed by atoms with Crippen LogP contribution in [0, 0.1) is 0 Å². The maximum absolute atomic E-state index is 13.4. The van der Waals surface area contributed by atoms with E-state index >= 15 is 0 Å². The van der Waals surface area contributed by atoms with Crippen molar-refractivity contribution in [3.05, 3.63) is 48.0 Å². The second-order valence-corrected chi connectivity index (χ2v) is 10.8. The molecule has 0 aromatic heterocycles. The molecule has 2 amide bonds. The molecule has 2 aromatic carbocycles. The number of nitrogens with one attached hydrogen (secondary N) is 1. The number of amides is 2. The van der Waals surface area contributed by atoms with Crippen molar-refractivity contribution in [1.82, 2.24) is 9.62 Å². The number of hydrogen-bond donors (Lipinski definition) is 1. The van der Waals surface area contributed by atoms with E-state index in [0.717, 1.165) is 40.7 Å². The van der Waals surface area contributed by atoms with Crippen molar-refractivity contribution in [3.63, 3.8) is 0 Å². The molecule has 1 fully saturated rings. The van der Waals surface area contributed by atoms with Crippen molar-refractivity contribution < 1.29 is 22.7 Å². The fourth-order valence-electron chi connectivity index (χ4n) is 4.42. The van der Waals surface area contributed by atoms with Crippen LogP contribution in [0.25, 0.3) is 0 Å². The van der Waals surface area contributed by atoms with Crippen LogP contribution in [0.1, 0.15) is 24.8 Å². The van der Waals surface area contributed by atoms with E-state index in [-0.39, 0.29) is 29.3 Å². The molecule has 34 heavy (non-hydrogen) atoms. The monoisotopic (exact) mass is 486 g/mol. The van der Waals surface area contributed by atoms with Crippen LogP contribution in [0.5, 0.6) is 5.75 Å². The van der Waals surface area contributed by atoms with Crippen LogP contribution >= 0.6 is 0 Å². The number of carbonyl (C=O) groups excluding carboxylic acids is 2. The van der Waals surface area contributed by atoms with Crippen molar-refractivity contribution in [2.75, 3.05) is 44.1 Å². The Morgan fingerprint density at radius 1 is 1.12 bits per heavy atom. The first kappa shape index (κ1) is 24.0. The predicted octanol–water partition coefficient (Wildman–Crippen LogP) is 1.97. The van der Waals surface area contributed by atoms with Gasteiger partial charge >= 0.3 is 0 Å². The highest BCUT2D eigenvalue weighted by Crippen LogP contribution is 2.40. The van der Waals surface area contributed by atoms with Crippen molar-refractivity contribution in [2.45, 2.75) is 36.7 Å². The summed E-state index contributed by atoms with van der Waals surface area (Å²) in [6.07, 6.45) is 2.61. The zero-order chi connectivity index (χ0) is 24.5. The number of piperidine rings is 1. The van der Waals surface area contributed by atoms with Gasteiger partial charge in [0.25, 0.3) is 0 Å². The van der Waals surface area contributed by atoms with Gasteiger partial charge in [0.2, 0.25) is 21.8 Å². The third-order valence-electron chi connectivity index (χ3n) is 6.33. The third kappa shape index (κ3) is 4.60. The molecular formula is C24H30N4O5S. The third-order valence-corrected chi connectivity index (χ3v) is 8.14. The molecule has 1 saturated heterocycles. The van der Waals surface area contributed by atoms with Gasteiger partial charge in [-0.15, -0.1) is 0 Å². The van der Waals surface area contributed by atoms with Crippen LogP contribution in [-0.4, -0.2) is 64.9 Å². The normalized spacial score (nSPS) is 17.9. The summed E-state index contributed by atoms with van der Waals surface area (Å²) in [5.41, 5.74) is 2.13. The van der Waals surface area contributed by atoms with E-state index in [0.29, 0.717) is 18.7 Å². The van der Waals surface area contributed by atoms with Crippen LogP contribution < -0.4 is 19.9 Å². The summed E-state index contributed by atoms with van der Waals surface area (Å²) < 4.78 is 31.8. The lowest BCUT2D eigenvalue weighted by Gasteiger charge is -2.45. The summed E-state index contributed by atoms with van der Waals surface area (Å²) in [4.78, 5) is 29.8. The molecule has 0 spiro atoms. The van der Waals surface area contributed by atoms with E-state index in [4.69, 9.17) is 4.74 Å². The Kier molecular flexibility index (Phi) is 6.81. The topological polar surface area (TPSA) is 99.3 Å². The molecule has 2 aliphatic heterocycles. The van der Waals surface area contributed by atoms with Crippen molar-refractivity contribution >= 4 is 33.2 Å². The smallest absolute Gasteiger partial charge is 0.250 e. The van der Waals surface area contributed by atoms with Gasteiger partial charge in [-0.05, 0) is 55.2 Å². The lowest BCUT2D eigenvalue weighted by Crippen LogP contribution is -2.57. The Balaban J connectivity index is 1.60. The number of nitrogens with zero attached hydrogens (tertiary/aromatic N) is 3. The number of methoxy groups -OCH3 is 1. The van der Waals surface area contributed by atoms with Gasteiger partial charge in [-0.2, -0.15) is 0 Å². The summed E-state index contributed by atoms with van der Waals surface area (Å²) in [6, 6.07) is 11.8. The molecule has 2 heterocycles. The fraction of sp³-hybridized carbons (Fsp3) is 0.417. The van der Waals surface area contributed by atoms with Crippen LogP contribution in [-0.2, 0) is 26.2 Å². The molecule has 2 aromatic rings. The van der Waals surface area contributed by atoms with Crippen LogP contribution in [0.15, 0.2) is 47.4 Å². The minimum Gasteiger partial charge on any atom is -0.497 e. The molecular weight excluding hydrogens is 456 g/mol. The molecule has 0 aliphatic carbocycles. The molecule has 182 valence electrons. The summed E-state index contributed by atoms with van der Waals surface area (Å²) in [5, 5.41) is 2.86. The van der Waals surface area contributed by atoms with Gasteiger partial charge in [0.05, 0.1) is 23.4 Å². The van der Waals surface area contributed by atoms with E-state index in [1.54, 1.807) is 19.2 Å². The number of anilines is 2. The highest BCUT2D eigenvalue weighted by Gasteiger charge is 2.40. The predicted molar refractivity (Wildman–Crippen MR) is 129 cm³/mol. The first-order valence-corrected chi connectivity index (χ1v) is 12.7. The second kappa shape index (κ2) is 9.63. The van der Waals surface area contributed by atoms with Crippen LogP contribution in [0.4, 0.5) is 11.4 Å². The van der Waals surface area contributed by atoms with E-state index in [1.807, 2.05) is 29.2 Å². The molecule has 1 atom stereocenters. The minimum atomic E-state index is -3.70. The highest BCUT2D eigenvalue weighted by atomic mass is 32.2. The Bertz CT molecular complexity index is 1180. The van der Waals surface area contributed by atoms with Gasteiger partial charge in [0, 0.05) is 27.2 Å². The van der Waals surface area contributed by atoms with Crippen molar-refractivity contribution in [1.29, 1.82) is 0 Å². The molecule has 10 heteroatoms. The number of benzene rings is 2.